The summed E-state index contributed by atoms with van der Waals surface area (Å²) in [6.07, 6.45) is 5.26. The van der Waals surface area contributed by atoms with Crippen molar-refractivity contribution in [3.63, 3.8) is 0 Å². The molecule has 1 amide bonds. The van der Waals surface area contributed by atoms with Crippen LogP contribution >= 0.6 is 24.0 Å². The number of furan rings is 1. The third kappa shape index (κ3) is 7.97. The van der Waals surface area contributed by atoms with Crippen LogP contribution < -0.4 is 10.6 Å². The fourth-order valence-electron chi connectivity index (χ4n) is 3.00. The van der Waals surface area contributed by atoms with E-state index in [0.29, 0.717) is 18.3 Å². The van der Waals surface area contributed by atoms with Gasteiger partial charge in [0.1, 0.15) is 5.76 Å². The molecule has 1 aliphatic rings. The van der Waals surface area contributed by atoms with E-state index >= 15 is 0 Å². The first-order valence-corrected chi connectivity index (χ1v) is 9.34. The van der Waals surface area contributed by atoms with Crippen LogP contribution in [0.15, 0.2) is 27.8 Å². The molecule has 0 atom stereocenters. The first kappa shape index (κ1) is 22.8. The lowest BCUT2D eigenvalue weighted by atomic mass is 9.93. The molecule has 2 N–H and O–H groups in total. The number of guanidine groups is 1. The molecule has 6 nitrogen and oxygen atoms in total. The lowest BCUT2D eigenvalue weighted by Crippen LogP contribution is -2.46. The second kappa shape index (κ2) is 12.2. The monoisotopic (exact) mass is 476 g/mol. The molecular formula is C19H33IN4O2. The van der Waals surface area contributed by atoms with Crippen LogP contribution in [-0.4, -0.2) is 50.0 Å². The Labute approximate surface area is 174 Å². The van der Waals surface area contributed by atoms with Crippen LogP contribution in [0.4, 0.5) is 0 Å². The average Bonchev–Trinajstić information content (AvgIpc) is 3.12. The van der Waals surface area contributed by atoms with E-state index in [1.807, 2.05) is 12.1 Å². The minimum absolute atomic E-state index is 0. The van der Waals surface area contributed by atoms with Gasteiger partial charge in [0.25, 0.3) is 0 Å². The molecule has 1 aromatic rings. The topological polar surface area (TPSA) is 69.9 Å². The van der Waals surface area contributed by atoms with Gasteiger partial charge in [0.15, 0.2) is 5.96 Å². The quantitative estimate of drug-likeness (QED) is 0.361. The number of hydrogen-bond donors (Lipinski definition) is 2. The number of carbonyl (C=O) groups is 1. The molecule has 0 bridgehead atoms. The Kier molecular flexibility index (Phi) is 10.7. The molecule has 1 fully saturated rings. The van der Waals surface area contributed by atoms with Crippen molar-refractivity contribution in [3.8, 4) is 0 Å². The van der Waals surface area contributed by atoms with E-state index in [9.17, 15) is 4.79 Å². The summed E-state index contributed by atoms with van der Waals surface area (Å²) in [7, 11) is 1.71. The number of aliphatic imine (C=N–C) groups is 1. The third-order valence-corrected chi connectivity index (χ3v) is 4.51. The van der Waals surface area contributed by atoms with Crippen LogP contribution in [0.5, 0.6) is 0 Å². The van der Waals surface area contributed by atoms with Crippen molar-refractivity contribution < 1.29 is 9.21 Å². The first-order chi connectivity index (χ1) is 12.1. The molecule has 2 heterocycles. The second-order valence-electron chi connectivity index (χ2n) is 7.12. The summed E-state index contributed by atoms with van der Waals surface area (Å²) in [6, 6.07) is 3.91. The van der Waals surface area contributed by atoms with Gasteiger partial charge >= 0.3 is 0 Å². The normalized spacial score (nSPS) is 15.7. The van der Waals surface area contributed by atoms with Crippen molar-refractivity contribution in [2.75, 3.05) is 33.2 Å². The Balaban J connectivity index is 0.00000338. The molecule has 0 aromatic carbocycles. The summed E-state index contributed by atoms with van der Waals surface area (Å²) in [5.74, 6) is 3.13. The van der Waals surface area contributed by atoms with E-state index in [2.05, 4.69) is 29.4 Å². The van der Waals surface area contributed by atoms with Gasteiger partial charge in [-0.1, -0.05) is 13.8 Å². The van der Waals surface area contributed by atoms with Crippen LogP contribution in [-0.2, 0) is 11.2 Å². The smallest absolute Gasteiger partial charge is 0.220 e. The van der Waals surface area contributed by atoms with Gasteiger partial charge in [-0.2, -0.15) is 0 Å². The summed E-state index contributed by atoms with van der Waals surface area (Å²) in [4.78, 5) is 18.7. The zero-order valence-electron chi connectivity index (χ0n) is 16.2. The predicted octanol–water partition coefficient (Wildman–Crippen LogP) is 2.89. The lowest BCUT2D eigenvalue weighted by Gasteiger charge is -2.34. The molecule has 0 aliphatic carbocycles. The van der Waals surface area contributed by atoms with Crippen molar-refractivity contribution >= 4 is 35.8 Å². The molecule has 148 valence electrons. The molecule has 0 saturated carbocycles. The number of rotatable bonds is 7. The van der Waals surface area contributed by atoms with Crippen molar-refractivity contribution in [2.45, 2.75) is 39.5 Å². The Bertz CT molecular complexity index is 538. The Morgan fingerprint density at radius 2 is 2.12 bits per heavy atom. The fourth-order valence-corrected chi connectivity index (χ4v) is 3.00. The molecule has 7 heteroatoms. The zero-order chi connectivity index (χ0) is 18.1. The average molecular weight is 476 g/mol. The van der Waals surface area contributed by atoms with Gasteiger partial charge < -0.3 is 20.0 Å². The van der Waals surface area contributed by atoms with E-state index in [-0.39, 0.29) is 29.9 Å². The van der Waals surface area contributed by atoms with Crippen LogP contribution in [0, 0.1) is 11.8 Å². The molecular weight excluding hydrogens is 443 g/mol. The number of amides is 1. The summed E-state index contributed by atoms with van der Waals surface area (Å²) < 4.78 is 5.39. The third-order valence-electron chi connectivity index (χ3n) is 4.51. The van der Waals surface area contributed by atoms with E-state index in [1.54, 1.807) is 13.3 Å². The van der Waals surface area contributed by atoms with E-state index < -0.39 is 0 Å². The number of carbonyl (C=O) groups excluding carboxylic acids is 1. The van der Waals surface area contributed by atoms with Crippen molar-refractivity contribution in [3.05, 3.63) is 24.2 Å². The van der Waals surface area contributed by atoms with Gasteiger partial charge in [0.2, 0.25) is 5.91 Å². The maximum atomic E-state index is 11.6. The van der Waals surface area contributed by atoms with E-state index in [0.717, 1.165) is 57.2 Å². The SMILES string of the molecule is CNC(=O)CC1CCN(C(=NCC(C)C)NCCc2ccco2)CC1.I. The fraction of sp³-hybridized carbons (Fsp3) is 0.684. The highest BCUT2D eigenvalue weighted by Crippen LogP contribution is 2.20. The Hall–Kier alpha value is -1.25. The van der Waals surface area contributed by atoms with Gasteiger partial charge in [-0.25, -0.2) is 0 Å². The van der Waals surface area contributed by atoms with Gasteiger partial charge in [-0.15, -0.1) is 24.0 Å². The predicted molar refractivity (Wildman–Crippen MR) is 116 cm³/mol. The molecule has 1 aromatic heterocycles. The van der Waals surface area contributed by atoms with Crippen LogP contribution in [0.1, 0.15) is 38.9 Å². The van der Waals surface area contributed by atoms with Gasteiger partial charge in [-0.3, -0.25) is 9.79 Å². The number of nitrogens with one attached hydrogen (secondary N) is 2. The summed E-state index contributed by atoms with van der Waals surface area (Å²) in [6.45, 7) is 7.89. The largest absolute Gasteiger partial charge is 0.469 e. The molecule has 2 rings (SSSR count). The number of nitrogens with zero attached hydrogens (tertiary/aromatic N) is 2. The number of halogens is 1. The number of likely N-dealkylation sites (tertiary alicyclic amines) is 1. The minimum atomic E-state index is 0. The van der Waals surface area contributed by atoms with E-state index in [1.165, 1.54) is 0 Å². The maximum Gasteiger partial charge on any atom is 0.220 e. The van der Waals surface area contributed by atoms with Crippen molar-refractivity contribution in [1.29, 1.82) is 0 Å². The maximum absolute atomic E-state index is 11.6. The zero-order valence-corrected chi connectivity index (χ0v) is 18.5. The van der Waals surface area contributed by atoms with E-state index in [4.69, 9.17) is 9.41 Å². The summed E-state index contributed by atoms with van der Waals surface area (Å²) in [5.41, 5.74) is 0. The van der Waals surface area contributed by atoms with Gasteiger partial charge in [0.05, 0.1) is 6.26 Å². The van der Waals surface area contributed by atoms with Crippen molar-refractivity contribution in [1.82, 2.24) is 15.5 Å². The standard InChI is InChI=1S/C19H32N4O2.HI/c1-15(2)14-22-19(21-9-6-17-5-4-12-25-17)23-10-7-16(8-11-23)13-18(24)20-3;/h4-5,12,15-16H,6-11,13-14H2,1-3H3,(H,20,24)(H,21,22);1H. The number of hydrogen-bond acceptors (Lipinski definition) is 3. The Morgan fingerprint density at radius 3 is 2.69 bits per heavy atom. The summed E-state index contributed by atoms with van der Waals surface area (Å²) in [5, 5.41) is 6.21. The van der Waals surface area contributed by atoms with Gasteiger partial charge in [-0.05, 0) is 36.8 Å². The van der Waals surface area contributed by atoms with Crippen LogP contribution in [0.25, 0.3) is 0 Å². The van der Waals surface area contributed by atoms with Crippen molar-refractivity contribution in [2.24, 2.45) is 16.8 Å². The Morgan fingerprint density at radius 1 is 1.38 bits per heavy atom. The minimum Gasteiger partial charge on any atom is -0.469 e. The molecule has 0 radical (unpaired) electrons. The second-order valence-corrected chi connectivity index (χ2v) is 7.12. The first-order valence-electron chi connectivity index (χ1n) is 9.34. The molecule has 1 aliphatic heterocycles. The molecule has 1 saturated heterocycles. The highest BCUT2D eigenvalue weighted by Gasteiger charge is 2.23. The highest BCUT2D eigenvalue weighted by atomic mass is 127. The summed E-state index contributed by atoms with van der Waals surface area (Å²) >= 11 is 0. The molecule has 26 heavy (non-hydrogen) atoms. The molecule has 0 unspecified atom stereocenters. The van der Waals surface area contributed by atoms with Gasteiger partial charge in [0, 0.05) is 46.1 Å². The van der Waals surface area contributed by atoms with Crippen LogP contribution in [0.2, 0.25) is 0 Å². The number of piperidine rings is 1. The lowest BCUT2D eigenvalue weighted by molar-refractivity contribution is -0.121. The van der Waals surface area contributed by atoms with Crippen LogP contribution in [0.3, 0.4) is 0 Å². The highest BCUT2D eigenvalue weighted by molar-refractivity contribution is 14.0. The molecule has 0 spiro atoms.